The van der Waals surface area contributed by atoms with Gasteiger partial charge in [0.15, 0.2) is 0 Å². The molecule has 0 spiro atoms. The lowest BCUT2D eigenvalue weighted by Gasteiger charge is -2.14. The molecule has 1 aromatic heterocycles. The first-order chi connectivity index (χ1) is 12.0. The zero-order valence-corrected chi connectivity index (χ0v) is 13.6. The SMILES string of the molecule is C[C@@H](CO)Nc1nc(Nc2ccc(F)cc2[N+](=O)[O-])cc(C2CC2)n1. The molecule has 3 rings (SSSR count). The largest absolute Gasteiger partial charge is 0.394 e. The van der Waals surface area contributed by atoms with E-state index in [1.165, 1.54) is 6.07 Å². The molecule has 1 fully saturated rings. The van der Waals surface area contributed by atoms with Gasteiger partial charge in [0.2, 0.25) is 5.95 Å². The summed E-state index contributed by atoms with van der Waals surface area (Å²) in [5.74, 6) is 0.368. The van der Waals surface area contributed by atoms with Gasteiger partial charge in [-0.05, 0) is 31.9 Å². The lowest BCUT2D eigenvalue weighted by Crippen LogP contribution is -2.21. The number of nitrogens with zero attached hydrogens (tertiary/aromatic N) is 3. The van der Waals surface area contributed by atoms with E-state index in [0.29, 0.717) is 17.7 Å². The highest BCUT2D eigenvalue weighted by Gasteiger charge is 2.27. The Labute approximate surface area is 143 Å². The molecule has 132 valence electrons. The van der Waals surface area contributed by atoms with Crippen molar-refractivity contribution in [2.45, 2.75) is 31.7 Å². The van der Waals surface area contributed by atoms with Crippen LogP contribution in [0.25, 0.3) is 0 Å². The van der Waals surface area contributed by atoms with Crippen LogP contribution in [0.15, 0.2) is 24.3 Å². The molecule has 1 atom stereocenters. The van der Waals surface area contributed by atoms with Crippen LogP contribution in [0.5, 0.6) is 0 Å². The summed E-state index contributed by atoms with van der Waals surface area (Å²) in [6.07, 6.45) is 2.06. The number of nitro groups is 1. The summed E-state index contributed by atoms with van der Waals surface area (Å²) in [5, 5.41) is 26.2. The third-order valence-electron chi connectivity index (χ3n) is 3.81. The Morgan fingerprint density at radius 2 is 2.16 bits per heavy atom. The van der Waals surface area contributed by atoms with Crippen LogP contribution in [0.3, 0.4) is 0 Å². The Hall–Kier alpha value is -2.81. The maximum absolute atomic E-state index is 13.3. The van der Waals surface area contributed by atoms with Crippen LogP contribution in [0, 0.1) is 15.9 Å². The number of halogens is 1. The maximum atomic E-state index is 13.3. The minimum absolute atomic E-state index is 0.0801. The number of hydrogen-bond donors (Lipinski definition) is 3. The molecule has 0 unspecified atom stereocenters. The average Bonchev–Trinajstić information content (AvgIpc) is 3.41. The number of rotatable bonds is 7. The molecule has 8 nitrogen and oxygen atoms in total. The van der Waals surface area contributed by atoms with Gasteiger partial charge in [-0.2, -0.15) is 4.98 Å². The van der Waals surface area contributed by atoms with Gasteiger partial charge in [0.05, 0.1) is 23.3 Å². The van der Waals surface area contributed by atoms with E-state index in [1.54, 1.807) is 13.0 Å². The normalized spacial score (nSPS) is 14.8. The van der Waals surface area contributed by atoms with E-state index < -0.39 is 10.7 Å². The summed E-state index contributed by atoms with van der Waals surface area (Å²) in [4.78, 5) is 19.2. The lowest BCUT2D eigenvalue weighted by molar-refractivity contribution is -0.384. The highest BCUT2D eigenvalue weighted by Crippen LogP contribution is 2.40. The fourth-order valence-corrected chi connectivity index (χ4v) is 2.35. The van der Waals surface area contributed by atoms with Crippen molar-refractivity contribution in [1.82, 2.24) is 9.97 Å². The van der Waals surface area contributed by atoms with E-state index in [9.17, 15) is 19.6 Å². The monoisotopic (exact) mass is 347 g/mol. The van der Waals surface area contributed by atoms with Gasteiger partial charge in [-0.1, -0.05) is 0 Å². The number of aromatic nitrogens is 2. The van der Waals surface area contributed by atoms with Crippen LogP contribution in [-0.2, 0) is 0 Å². The predicted molar refractivity (Wildman–Crippen MR) is 90.5 cm³/mol. The molecule has 1 aliphatic carbocycles. The molecule has 25 heavy (non-hydrogen) atoms. The van der Waals surface area contributed by atoms with E-state index in [0.717, 1.165) is 30.7 Å². The maximum Gasteiger partial charge on any atom is 0.295 e. The van der Waals surface area contributed by atoms with Crippen molar-refractivity contribution in [2.75, 3.05) is 17.2 Å². The summed E-state index contributed by atoms with van der Waals surface area (Å²) < 4.78 is 13.3. The van der Waals surface area contributed by atoms with E-state index in [4.69, 9.17) is 0 Å². The van der Waals surface area contributed by atoms with Crippen molar-refractivity contribution in [1.29, 1.82) is 0 Å². The molecule has 0 radical (unpaired) electrons. The molecule has 0 bridgehead atoms. The highest BCUT2D eigenvalue weighted by molar-refractivity contribution is 5.68. The van der Waals surface area contributed by atoms with E-state index in [2.05, 4.69) is 20.6 Å². The Kier molecular flexibility index (Phi) is 4.75. The zero-order chi connectivity index (χ0) is 18.0. The second kappa shape index (κ2) is 6.98. The average molecular weight is 347 g/mol. The van der Waals surface area contributed by atoms with Crippen molar-refractivity contribution in [3.8, 4) is 0 Å². The molecule has 0 saturated heterocycles. The Morgan fingerprint density at radius 3 is 2.80 bits per heavy atom. The van der Waals surface area contributed by atoms with Gasteiger partial charge in [-0.3, -0.25) is 10.1 Å². The van der Waals surface area contributed by atoms with Crippen LogP contribution in [0.4, 0.5) is 27.5 Å². The Bertz CT molecular complexity index is 797. The quantitative estimate of drug-likeness (QED) is 0.521. The molecule has 1 saturated carbocycles. The summed E-state index contributed by atoms with van der Waals surface area (Å²) in [7, 11) is 0. The van der Waals surface area contributed by atoms with Gasteiger partial charge < -0.3 is 15.7 Å². The van der Waals surface area contributed by atoms with Crippen LogP contribution < -0.4 is 10.6 Å². The van der Waals surface area contributed by atoms with Crippen LogP contribution in [0.1, 0.15) is 31.4 Å². The Morgan fingerprint density at radius 1 is 1.40 bits per heavy atom. The number of hydrogen-bond acceptors (Lipinski definition) is 7. The second-order valence-corrected chi connectivity index (χ2v) is 6.05. The summed E-state index contributed by atoms with van der Waals surface area (Å²) in [6, 6.07) is 4.81. The Balaban J connectivity index is 1.92. The van der Waals surface area contributed by atoms with Crippen molar-refractivity contribution in [3.63, 3.8) is 0 Å². The number of benzene rings is 1. The van der Waals surface area contributed by atoms with E-state index in [1.807, 2.05) is 0 Å². The number of aliphatic hydroxyl groups excluding tert-OH is 1. The van der Waals surface area contributed by atoms with Gasteiger partial charge in [0, 0.05) is 18.0 Å². The molecular formula is C16H18FN5O3. The number of anilines is 3. The minimum atomic E-state index is -0.683. The van der Waals surface area contributed by atoms with Crippen LogP contribution in [-0.4, -0.2) is 32.6 Å². The van der Waals surface area contributed by atoms with Gasteiger partial charge in [-0.15, -0.1) is 0 Å². The molecule has 1 aromatic carbocycles. The van der Waals surface area contributed by atoms with Gasteiger partial charge in [-0.25, -0.2) is 9.37 Å². The first-order valence-electron chi connectivity index (χ1n) is 7.93. The fourth-order valence-electron chi connectivity index (χ4n) is 2.35. The van der Waals surface area contributed by atoms with Crippen molar-refractivity contribution in [3.05, 3.63) is 45.9 Å². The summed E-state index contributed by atoms with van der Waals surface area (Å²) in [5.41, 5.74) is 0.604. The standard InChI is InChI=1S/C16H18FN5O3/c1-9(8-23)18-16-20-13(10-2-3-10)7-15(21-16)19-12-5-4-11(17)6-14(12)22(24)25/h4-7,9-10,23H,2-3,8H2,1H3,(H2,18,19,20,21)/t9-/m0/s1. The third kappa shape index (κ3) is 4.18. The molecule has 3 N–H and O–H groups in total. The van der Waals surface area contributed by atoms with Crippen molar-refractivity contribution < 1.29 is 14.4 Å². The number of aliphatic hydroxyl groups is 1. The smallest absolute Gasteiger partial charge is 0.295 e. The molecule has 0 amide bonds. The van der Waals surface area contributed by atoms with Crippen molar-refractivity contribution in [2.24, 2.45) is 0 Å². The molecule has 1 heterocycles. The first-order valence-corrected chi connectivity index (χ1v) is 7.93. The van der Waals surface area contributed by atoms with Gasteiger partial charge in [0.25, 0.3) is 5.69 Å². The zero-order valence-electron chi connectivity index (χ0n) is 13.6. The third-order valence-corrected chi connectivity index (χ3v) is 3.81. The van der Waals surface area contributed by atoms with Crippen molar-refractivity contribution >= 4 is 23.1 Å². The van der Waals surface area contributed by atoms with Gasteiger partial charge in [0.1, 0.15) is 17.3 Å². The van der Waals surface area contributed by atoms with Gasteiger partial charge >= 0.3 is 0 Å². The topological polar surface area (TPSA) is 113 Å². The first kappa shape index (κ1) is 17.0. The van der Waals surface area contributed by atoms with Crippen LogP contribution in [0.2, 0.25) is 0 Å². The molecule has 0 aliphatic heterocycles. The predicted octanol–water partition coefficient (Wildman–Crippen LogP) is 2.94. The highest BCUT2D eigenvalue weighted by atomic mass is 19.1. The second-order valence-electron chi connectivity index (χ2n) is 6.05. The van der Waals surface area contributed by atoms with Crippen LogP contribution >= 0.6 is 0 Å². The molecule has 2 aromatic rings. The fraction of sp³-hybridized carbons (Fsp3) is 0.375. The molecule has 1 aliphatic rings. The number of nitrogens with one attached hydrogen (secondary N) is 2. The van der Waals surface area contributed by atoms with E-state index in [-0.39, 0.29) is 24.0 Å². The minimum Gasteiger partial charge on any atom is -0.394 e. The summed E-state index contributed by atoms with van der Waals surface area (Å²) >= 11 is 0. The van der Waals surface area contributed by atoms with E-state index >= 15 is 0 Å². The molecular weight excluding hydrogens is 329 g/mol. The molecule has 9 heteroatoms. The number of nitro benzene ring substituents is 1. The lowest BCUT2D eigenvalue weighted by atomic mass is 10.2. The summed E-state index contributed by atoms with van der Waals surface area (Å²) in [6.45, 7) is 1.70.